The molecule has 0 aliphatic heterocycles. The smallest absolute Gasteiger partial charge is 0.269 e. The quantitative estimate of drug-likeness (QED) is 0.641. The molecule has 0 bridgehead atoms. The summed E-state index contributed by atoms with van der Waals surface area (Å²) in [7, 11) is 3.52. The van der Waals surface area contributed by atoms with E-state index in [9.17, 15) is 14.9 Å². The molecular weight excluding hydrogens is 296 g/mol. The van der Waals surface area contributed by atoms with Gasteiger partial charge >= 0.3 is 0 Å². The maximum absolute atomic E-state index is 12.7. The van der Waals surface area contributed by atoms with Gasteiger partial charge < -0.3 is 4.90 Å². The molecule has 1 amide bonds. The molecule has 23 heavy (non-hydrogen) atoms. The van der Waals surface area contributed by atoms with Gasteiger partial charge in [-0.25, -0.2) is 0 Å². The molecule has 7 nitrogen and oxygen atoms in total. The standard InChI is InChI=1S/C16H20N4O3/c1-10(15-11(2)17-19(5)12(15)3)16(21)18(4)13-6-8-14(9-7-13)20(22)23/h6-10H,1-5H3. The summed E-state index contributed by atoms with van der Waals surface area (Å²) in [6, 6.07) is 5.94. The average molecular weight is 316 g/mol. The monoisotopic (exact) mass is 316 g/mol. The SMILES string of the molecule is Cc1nn(C)c(C)c1C(C)C(=O)N(C)c1ccc([N+](=O)[O-])cc1. The van der Waals surface area contributed by atoms with E-state index in [0.29, 0.717) is 5.69 Å². The molecule has 0 aliphatic rings. The minimum atomic E-state index is -0.462. The normalized spacial score (nSPS) is 12.0. The first-order chi connectivity index (χ1) is 10.7. The minimum absolute atomic E-state index is 0.00148. The second-order valence-electron chi connectivity index (χ2n) is 5.60. The number of nitrogens with zero attached hydrogens (tertiary/aromatic N) is 4. The van der Waals surface area contributed by atoms with Gasteiger partial charge in [-0.2, -0.15) is 5.10 Å². The lowest BCUT2D eigenvalue weighted by Gasteiger charge is -2.22. The third-order valence-corrected chi connectivity index (χ3v) is 4.15. The zero-order chi connectivity index (χ0) is 17.3. The number of aryl methyl sites for hydroxylation is 2. The van der Waals surface area contributed by atoms with Crippen LogP contribution in [0.4, 0.5) is 11.4 Å². The van der Waals surface area contributed by atoms with Gasteiger partial charge in [0.2, 0.25) is 5.91 Å². The highest BCUT2D eigenvalue weighted by atomic mass is 16.6. The number of rotatable bonds is 4. The third-order valence-electron chi connectivity index (χ3n) is 4.15. The Morgan fingerprint density at radius 2 is 1.87 bits per heavy atom. The Morgan fingerprint density at radius 1 is 1.30 bits per heavy atom. The molecule has 1 aromatic carbocycles. The number of hydrogen-bond acceptors (Lipinski definition) is 4. The number of likely N-dealkylation sites (N-methyl/N-ethyl adjacent to an activating group) is 1. The van der Waals surface area contributed by atoms with E-state index in [1.54, 1.807) is 23.9 Å². The molecule has 0 fully saturated rings. The van der Waals surface area contributed by atoms with Gasteiger partial charge in [-0.1, -0.05) is 0 Å². The van der Waals surface area contributed by atoms with Gasteiger partial charge in [0.15, 0.2) is 0 Å². The van der Waals surface area contributed by atoms with E-state index in [1.165, 1.54) is 17.0 Å². The highest BCUT2D eigenvalue weighted by Crippen LogP contribution is 2.27. The summed E-state index contributed by atoms with van der Waals surface area (Å²) in [4.78, 5) is 24.5. The molecule has 2 rings (SSSR count). The van der Waals surface area contributed by atoms with Crippen LogP contribution >= 0.6 is 0 Å². The highest BCUT2D eigenvalue weighted by Gasteiger charge is 2.26. The molecule has 1 heterocycles. The van der Waals surface area contributed by atoms with Crippen LogP contribution < -0.4 is 4.90 Å². The van der Waals surface area contributed by atoms with Gasteiger partial charge in [0.1, 0.15) is 0 Å². The predicted molar refractivity (Wildman–Crippen MR) is 87.6 cm³/mol. The number of nitro benzene ring substituents is 1. The van der Waals surface area contributed by atoms with Crippen LogP contribution in [0.5, 0.6) is 0 Å². The fourth-order valence-corrected chi connectivity index (χ4v) is 2.76. The van der Waals surface area contributed by atoms with Crippen LogP contribution in [0.1, 0.15) is 29.8 Å². The summed E-state index contributed by atoms with van der Waals surface area (Å²) in [5, 5.41) is 15.1. The Kier molecular flexibility index (Phi) is 4.49. The molecule has 0 radical (unpaired) electrons. The van der Waals surface area contributed by atoms with Crippen molar-refractivity contribution >= 4 is 17.3 Å². The first-order valence-corrected chi connectivity index (χ1v) is 7.26. The summed E-state index contributed by atoms with van der Waals surface area (Å²) < 4.78 is 1.76. The lowest BCUT2D eigenvalue weighted by atomic mass is 9.97. The Bertz CT molecular complexity index is 749. The van der Waals surface area contributed by atoms with Crippen LogP contribution in [-0.2, 0) is 11.8 Å². The fraction of sp³-hybridized carbons (Fsp3) is 0.375. The molecule has 0 saturated heterocycles. The summed E-state index contributed by atoms with van der Waals surface area (Å²) >= 11 is 0. The Balaban J connectivity index is 2.26. The molecule has 2 aromatic rings. The van der Waals surface area contributed by atoms with E-state index in [2.05, 4.69) is 5.10 Å². The largest absolute Gasteiger partial charge is 0.315 e. The van der Waals surface area contributed by atoms with Crippen molar-refractivity contribution in [1.29, 1.82) is 0 Å². The van der Waals surface area contributed by atoms with Gasteiger partial charge in [-0.15, -0.1) is 0 Å². The zero-order valence-corrected chi connectivity index (χ0v) is 13.9. The number of carbonyl (C=O) groups excluding carboxylic acids is 1. The molecule has 122 valence electrons. The number of amides is 1. The van der Waals surface area contributed by atoms with Crippen molar-refractivity contribution in [3.63, 3.8) is 0 Å². The first kappa shape index (κ1) is 16.7. The molecular formula is C16H20N4O3. The molecule has 1 unspecified atom stereocenters. The van der Waals surface area contributed by atoms with Crippen LogP contribution in [-0.4, -0.2) is 27.7 Å². The Hall–Kier alpha value is -2.70. The van der Waals surface area contributed by atoms with Crippen LogP contribution in [0.3, 0.4) is 0 Å². The molecule has 1 aromatic heterocycles. The third kappa shape index (κ3) is 3.08. The van der Waals surface area contributed by atoms with Gasteiger partial charge in [-0.05, 0) is 32.9 Å². The van der Waals surface area contributed by atoms with E-state index in [0.717, 1.165) is 17.0 Å². The van der Waals surface area contributed by atoms with Crippen molar-refractivity contribution in [2.45, 2.75) is 26.7 Å². The van der Waals surface area contributed by atoms with Crippen LogP contribution in [0.2, 0.25) is 0 Å². The van der Waals surface area contributed by atoms with Crippen molar-refractivity contribution in [3.05, 3.63) is 51.3 Å². The lowest BCUT2D eigenvalue weighted by molar-refractivity contribution is -0.384. The predicted octanol–water partition coefficient (Wildman–Crippen LogP) is 2.71. The van der Waals surface area contributed by atoms with Crippen LogP contribution in [0.25, 0.3) is 0 Å². The first-order valence-electron chi connectivity index (χ1n) is 7.26. The highest BCUT2D eigenvalue weighted by molar-refractivity contribution is 5.97. The molecule has 0 saturated carbocycles. The van der Waals surface area contributed by atoms with Crippen molar-refractivity contribution in [2.75, 3.05) is 11.9 Å². The van der Waals surface area contributed by atoms with Crippen molar-refractivity contribution < 1.29 is 9.72 Å². The molecule has 7 heteroatoms. The maximum Gasteiger partial charge on any atom is 0.269 e. The maximum atomic E-state index is 12.7. The van der Waals surface area contributed by atoms with Crippen molar-refractivity contribution in [1.82, 2.24) is 9.78 Å². The number of non-ortho nitro benzene ring substituents is 1. The topological polar surface area (TPSA) is 81.3 Å². The molecule has 0 spiro atoms. The summed E-state index contributed by atoms with van der Waals surface area (Å²) in [5.41, 5.74) is 3.34. The second kappa shape index (κ2) is 6.20. The van der Waals surface area contributed by atoms with Crippen LogP contribution in [0.15, 0.2) is 24.3 Å². The fourth-order valence-electron chi connectivity index (χ4n) is 2.76. The lowest BCUT2D eigenvalue weighted by Crippen LogP contribution is -2.30. The van der Waals surface area contributed by atoms with Gasteiger partial charge in [0, 0.05) is 43.2 Å². The summed E-state index contributed by atoms with van der Waals surface area (Å²) in [6.07, 6.45) is 0. The van der Waals surface area contributed by atoms with E-state index in [1.807, 2.05) is 27.8 Å². The number of benzene rings is 1. The van der Waals surface area contributed by atoms with Gasteiger partial charge in [0.05, 0.1) is 16.5 Å². The minimum Gasteiger partial charge on any atom is -0.315 e. The average Bonchev–Trinajstić information content (AvgIpc) is 2.78. The van der Waals surface area contributed by atoms with Gasteiger partial charge in [-0.3, -0.25) is 19.6 Å². The second-order valence-corrected chi connectivity index (χ2v) is 5.60. The number of nitro groups is 1. The van der Waals surface area contributed by atoms with E-state index in [-0.39, 0.29) is 17.5 Å². The molecule has 1 atom stereocenters. The Labute approximate surface area is 134 Å². The van der Waals surface area contributed by atoms with Crippen LogP contribution in [0, 0.1) is 24.0 Å². The molecule has 0 N–H and O–H groups in total. The number of carbonyl (C=O) groups is 1. The summed E-state index contributed by atoms with van der Waals surface area (Å²) in [6.45, 7) is 5.67. The van der Waals surface area contributed by atoms with E-state index in [4.69, 9.17) is 0 Å². The zero-order valence-electron chi connectivity index (χ0n) is 13.9. The van der Waals surface area contributed by atoms with E-state index < -0.39 is 4.92 Å². The summed E-state index contributed by atoms with van der Waals surface area (Å²) in [5.74, 6) is -0.429. The number of anilines is 1. The molecule has 0 aliphatic carbocycles. The van der Waals surface area contributed by atoms with E-state index >= 15 is 0 Å². The number of aromatic nitrogens is 2. The van der Waals surface area contributed by atoms with Crippen molar-refractivity contribution in [3.8, 4) is 0 Å². The Morgan fingerprint density at radius 3 is 2.30 bits per heavy atom. The van der Waals surface area contributed by atoms with Crippen molar-refractivity contribution in [2.24, 2.45) is 7.05 Å². The van der Waals surface area contributed by atoms with Gasteiger partial charge in [0.25, 0.3) is 5.69 Å². The number of hydrogen-bond donors (Lipinski definition) is 0.